The molecule has 2 aliphatic heterocycles. The molecule has 0 bridgehead atoms. The van der Waals surface area contributed by atoms with E-state index in [0.717, 1.165) is 17.9 Å². The number of rotatable bonds is 4. The molecule has 1 aromatic carbocycles. The molecule has 3 heteroatoms. The molecular weight excluding hydrogens is 254 g/mol. The minimum absolute atomic E-state index is 0.422. The van der Waals surface area contributed by atoms with Gasteiger partial charge in [-0.05, 0) is 49.6 Å². The normalized spacial score (nSPS) is 27.4. The van der Waals surface area contributed by atoms with Crippen molar-refractivity contribution in [3.8, 4) is 5.75 Å². The van der Waals surface area contributed by atoms with Crippen molar-refractivity contribution in [2.24, 2.45) is 0 Å². The van der Waals surface area contributed by atoms with Crippen molar-refractivity contribution >= 4 is 11.8 Å². The number of piperidine rings is 1. The molecule has 0 aromatic heterocycles. The fourth-order valence-electron chi connectivity index (χ4n) is 2.94. The molecule has 2 aliphatic rings. The third-order valence-corrected chi connectivity index (χ3v) is 5.16. The first-order valence-electron chi connectivity index (χ1n) is 7.47. The van der Waals surface area contributed by atoms with Crippen LogP contribution < -0.4 is 10.1 Å². The number of nitrogens with one attached hydrogen (secondary N) is 1. The molecule has 2 unspecified atom stereocenters. The summed E-state index contributed by atoms with van der Waals surface area (Å²) in [6, 6.07) is 9.23. The van der Waals surface area contributed by atoms with Crippen LogP contribution in [-0.2, 0) is 6.42 Å². The molecule has 19 heavy (non-hydrogen) atoms. The second kappa shape index (κ2) is 6.67. The van der Waals surface area contributed by atoms with Gasteiger partial charge in [0.25, 0.3) is 0 Å². The summed E-state index contributed by atoms with van der Waals surface area (Å²) in [5.74, 6) is 3.51. The monoisotopic (exact) mass is 277 g/mol. The van der Waals surface area contributed by atoms with Crippen LogP contribution in [0.3, 0.4) is 0 Å². The highest BCUT2D eigenvalue weighted by Crippen LogP contribution is 2.27. The van der Waals surface area contributed by atoms with Crippen molar-refractivity contribution in [1.29, 1.82) is 0 Å². The molecule has 2 heterocycles. The lowest BCUT2D eigenvalue weighted by molar-refractivity contribution is 0.226. The molecule has 2 nitrogen and oxygen atoms in total. The van der Waals surface area contributed by atoms with Crippen molar-refractivity contribution in [2.45, 2.75) is 44.2 Å². The van der Waals surface area contributed by atoms with E-state index in [1.807, 2.05) is 11.8 Å². The SMILES string of the molecule is c1ccc(OC2CCSC2)c(CC2CCCCN2)c1. The highest BCUT2D eigenvalue weighted by atomic mass is 32.2. The fourth-order valence-corrected chi connectivity index (χ4v) is 4.03. The van der Waals surface area contributed by atoms with E-state index < -0.39 is 0 Å². The second-order valence-corrected chi connectivity index (χ2v) is 6.71. The Morgan fingerprint density at radius 3 is 2.95 bits per heavy atom. The third kappa shape index (κ3) is 3.67. The molecule has 2 fully saturated rings. The van der Waals surface area contributed by atoms with Crippen LogP contribution in [0, 0.1) is 0 Å². The lowest BCUT2D eigenvalue weighted by Gasteiger charge is -2.25. The van der Waals surface area contributed by atoms with Gasteiger partial charge in [-0.15, -0.1) is 0 Å². The quantitative estimate of drug-likeness (QED) is 0.913. The van der Waals surface area contributed by atoms with Gasteiger partial charge in [0.1, 0.15) is 11.9 Å². The molecule has 2 atom stereocenters. The first kappa shape index (κ1) is 13.3. The number of para-hydroxylation sites is 1. The molecule has 1 aromatic rings. The molecule has 1 N–H and O–H groups in total. The van der Waals surface area contributed by atoms with E-state index in [0.29, 0.717) is 12.1 Å². The average Bonchev–Trinajstić information content (AvgIpc) is 2.95. The summed E-state index contributed by atoms with van der Waals surface area (Å²) >= 11 is 2.01. The van der Waals surface area contributed by atoms with Crippen molar-refractivity contribution < 1.29 is 4.74 Å². The van der Waals surface area contributed by atoms with Gasteiger partial charge in [-0.25, -0.2) is 0 Å². The topological polar surface area (TPSA) is 21.3 Å². The van der Waals surface area contributed by atoms with E-state index in [1.165, 1.54) is 43.5 Å². The highest BCUT2D eigenvalue weighted by molar-refractivity contribution is 7.99. The molecule has 0 radical (unpaired) electrons. The maximum Gasteiger partial charge on any atom is 0.123 e. The van der Waals surface area contributed by atoms with E-state index in [2.05, 4.69) is 29.6 Å². The zero-order valence-corrected chi connectivity index (χ0v) is 12.3. The zero-order valence-electron chi connectivity index (χ0n) is 11.4. The van der Waals surface area contributed by atoms with Gasteiger partial charge in [0.05, 0.1) is 0 Å². The summed E-state index contributed by atoms with van der Waals surface area (Å²) in [5, 5.41) is 3.63. The van der Waals surface area contributed by atoms with Crippen LogP contribution in [0.15, 0.2) is 24.3 Å². The van der Waals surface area contributed by atoms with Crippen LogP contribution in [0.5, 0.6) is 5.75 Å². The summed E-state index contributed by atoms with van der Waals surface area (Å²) in [7, 11) is 0. The standard InChI is InChI=1S/C16H23NOS/c1-2-7-16(18-15-8-10-19-12-15)13(5-1)11-14-6-3-4-9-17-14/h1-2,5,7,14-15,17H,3-4,6,8-12H2. The first-order valence-corrected chi connectivity index (χ1v) is 8.63. The Morgan fingerprint density at radius 1 is 1.21 bits per heavy atom. The van der Waals surface area contributed by atoms with Crippen LogP contribution in [0.4, 0.5) is 0 Å². The summed E-state index contributed by atoms with van der Waals surface area (Å²) < 4.78 is 6.20. The highest BCUT2D eigenvalue weighted by Gasteiger charge is 2.20. The number of ether oxygens (including phenoxy) is 1. The van der Waals surface area contributed by atoms with Crippen molar-refractivity contribution in [3.05, 3.63) is 29.8 Å². The maximum absolute atomic E-state index is 6.20. The van der Waals surface area contributed by atoms with Crippen LogP contribution in [0.25, 0.3) is 0 Å². The molecule has 3 rings (SSSR count). The maximum atomic E-state index is 6.20. The molecule has 2 saturated heterocycles. The lowest BCUT2D eigenvalue weighted by Crippen LogP contribution is -2.35. The summed E-state index contributed by atoms with van der Waals surface area (Å²) in [6.45, 7) is 1.17. The minimum Gasteiger partial charge on any atom is -0.489 e. The Hall–Kier alpha value is -0.670. The Labute approximate surface area is 120 Å². The number of hydrogen-bond donors (Lipinski definition) is 1. The lowest BCUT2D eigenvalue weighted by atomic mass is 9.97. The average molecular weight is 277 g/mol. The van der Waals surface area contributed by atoms with Gasteiger partial charge in [-0.2, -0.15) is 11.8 Å². The Morgan fingerprint density at radius 2 is 2.16 bits per heavy atom. The van der Waals surface area contributed by atoms with Crippen LogP contribution in [0.1, 0.15) is 31.2 Å². The molecule has 0 amide bonds. The van der Waals surface area contributed by atoms with Gasteiger partial charge in [-0.3, -0.25) is 0 Å². The number of hydrogen-bond acceptors (Lipinski definition) is 3. The van der Waals surface area contributed by atoms with Crippen molar-refractivity contribution in [2.75, 3.05) is 18.1 Å². The van der Waals surface area contributed by atoms with E-state index in [9.17, 15) is 0 Å². The predicted octanol–water partition coefficient (Wildman–Crippen LogP) is 3.26. The predicted molar refractivity (Wildman–Crippen MR) is 82.1 cm³/mol. The van der Waals surface area contributed by atoms with Gasteiger partial charge >= 0.3 is 0 Å². The number of benzene rings is 1. The van der Waals surface area contributed by atoms with Crippen LogP contribution in [-0.4, -0.2) is 30.2 Å². The second-order valence-electron chi connectivity index (χ2n) is 5.56. The molecular formula is C16H23NOS. The van der Waals surface area contributed by atoms with E-state index in [4.69, 9.17) is 4.74 Å². The van der Waals surface area contributed by atoms with Crippen LogP contribution >= 0.6 is 11.8 Å². The van der Waals surface area contributed by atoms with Gasteiger partial charge in [-0.1, -0.05) is 24.6 Å². The summed E-state index contributed by atoms with van der Waals surface area (Å²) in [6.07, 6.45) is 6.71. The van der Waals surface area contributed by atoms with Gasteiger partial charge in [0.2, 0.25) is 0 Å². The van der Waals surface area contributed by atoms with Crippen LogP contribution in [0.2, 0.25) is 0 Å². The smallest absolute Gasteiger partial charge is 0.123 e. The first-order chi connectivity index (χ1) is 9.42. The zero-order chi connectivity index (χ0) is 12.9. The summed E-state index contributed by atoms with van der Waals surface area (Å²) in [5.41, 5.74) is 1.37. The molecule has 0 saturated carbocycles. The van der Waals surface area contributed by atoms with Gasteiger partial charge < -0.3 is 10.1 Å². The Kier molecular flexibility index (Phi) is 4.67. The van der Waals surface area contributed by atoms with E-state index in [-0.39, 0.29) is 0 Å². The Bertz CT molecular complexity index is 397. The fraction of sp³-hybridized carbons (Fsp3) is 0.625. The largest absolute Gasteiger partial charge is 0.489 e. The molecule has 0 aliphatic carbocycles. The molecule has 104 valence electrons. The number of thioether (sulfide) groups is 1. The molecule has 0 spiro atoms. The minimum atomic E-state index is 0.422. The van der Waals surface area contributed by atoms with E-state index >= 15 is 0 Å². The third-order valence-electron chi connectivity index (χ3n) is 4.03. The van der Waals surface area contributed by atoms with E-state index in [1.54, 1.807) is 0 Å². The Balaban J connectivity index is 1.65. The van der Waals surface area contributed by atoms with Gasteiger partial charge in [0.15, 0.2) is 0 Å². The summed E-state index contributed by atoms with van der Waals surface area (Å²) in [4.78, 5) is 0. The van der Waals surface area contributed by atoms with Crippen molar-refractivity contribution in [3.63, 3.8) is 0 Å². The van der Waals surface area contributed by atoms with Gasteiger partial charge in [0, 0.05) is 11.8 Å². The van der Waals surface area contributed by atoms with Crippen molar-refractivity contribution in [1.82, 2.24) is 5.32 Å².